The highest BCUT2D eigenvalue weighted by Gasteiger charge is 2.33. The Morgan fingerprint density at radius 1 is 1.08 bits per heavy atom. The lowest BCUT2D eigenvalue weighted by Gasteiger charge is -2.43. The fourth-order valence-electron chi connectivity index (χ4n) is 4.07. The maximum atomic E-state index is 12.9. The Kier molecular flexibility index (Phi) is 5.30. The van der Waals surface area contributed by atoms with Crippen LogP contribution in [0.3, 0.4) is 0 Å². The molecule has 0 spiro atoms. The summed E-state index contributed by atoms with van der Waals surface area (Å²) in [5.41, 5.74) is 2.50. The molecule has 5 heteroatoms. The highest BCUT2D eigenvalue weighted by Crippen LogP contribution is 2.24. The molecule has 2 fully saturated rings. The molecular weight excluding hydrogens is 314 g/mol. The van der Waals surface area contributed by atoms with Gasteiger partial charge in [-0.1, -0.05) is 12.1 Å². The van der Waals surface area contributed by atoms with Crippen LogP contribution in [0, 0.1) is 12.8 Å². The van der Waals surface area contributed by atoms with Crippen LogP contribution in [0.25, 0.3) is 0 Å². The summed E-state index contributed by atoms with van der Waals surface area (Å²) in [7, 11) is 0. The predicted molar refractivity (Wildman–Crippen MR) is 99.5 cm³/mol. The zero-order valence-corrected chi connectivity index (χ0v) is 15.6. The Bertz CT molecular complexity index is 646. The van der Waals surface area contributed by atoms with Gasteiger partial charge in [0.05, 0.1) is 5.92 Å². The number of rotatable bonds is 2. The van der Waals surface area contributed by atoms with Crippen LogP contribution in [0.2, 0.25) is 0 Å². The van der Waals surface area contributed by atoms with Gasteiger partial charge in [0.2, 0.25) is 11.8 Å². The summed E-state index contributed by atoms with van der Waals surface area (Å²) in [4.78, 5) is 30.8. The van der Waals surface area contributed by atoms with Gasteiger partial charge in [0.25, 0.3) is 0 Å². The van der Waals surface area contributed by atoms with E-state index in [4.69, 9.17) is 0 Å². The Hall–Kier alpha value is -2.04. The van der Waals surface area contributed by atoms with Gasteiger partial charge in [0.15, 0.2) is 0 Å². The first-order valence-electron chi connectivity index (χ1n) is 9.33. The number of carbonyl (C=O) groups excluding carboxylic acids is 2. The van der Waals surface area contributed by atoms with Gasteiger partial charge in [-0.2, -0.15) is 0 Å². The molecule has 0 N–H and O–H groups in total. The van der Waals surface area contributed by atoms with Crippen molar-refractivity contribution in [1.82, 2.24) is 9.80 Å². The van der Waals surface area contributed by atoms with E-state index in [-0.39, 0.29) is 17.7 Å². The van der Waals surface area contributed by atoms with Gasteiger partial charge in [-0.25, -0.2) is 0 Å². The highest BCUT2D eigenvalue weighted by molar-refractivity contribution is 5.81. The number of amides is 2. The quantitative estimate of drug-likeness (QED) is 0.828. The number of carbonyl (C=O) groups is 2. The Labute approximate surface area is 150 Å². The topological polar surface area (TPSA) is 43.9 Å². The third kappa shape index (κ3) is 3.97. The van der Waals surface area contributed by atoms with Gasteiger partial charge in [-0.05, 0) is 44.4 Å². The van der Waals surface area contributed by atoms with Gasteiger partial charge in [-0.15, -0.1) is 0 Å². The van der Waals surface area contributed by atoms with E-state index in [1.807, 2.05) is 9.80 Å². The molecule has 25 heavy (non-hydrogen) atoms. The summed E-state index contributed by atoms with van der Waals surface area (Å²) in [6.45, 7) is 9.63. The number of piperazine rings is 1. The van der Waals surface area contributed by atoms with Gasteiger partial charge < -0.3 is 14.7 Å². The number of piperidine rings is 1. The summed E-state index contributed by atoms with van der Waals surface area (Å²) < 4.78 is 0. The van der Waals surface area contributed by atoms with E-state index in [1.54, 1.807) is 6.92 Å². The van der Waals surface area contributed by atoms with Gasteiger partial charge in [-0.3, -0.25) is 9.59 Å². The molecule has 2 amide bonds. The minimum atomic E-state index is -0.0321. The minimum Gasteiger partial charge on any atom is -0.365 e. The summed E-state index contributed by atoms with van der Waals surface area (Å²) in [6, 6.07) is 8.85. The predicted octanol–water partition coefficient (Wildman–Crippen LogP) is 2.29. The van der Waals surface area contributed by atoms with Crippen LogP contribution in [-0.2, 0) is 9.59 Å². The van der Waals surface area contributed by atoms with E-state index in [2.05, 4.69) is 43.0 Å². The second-order valence-corrected chi connectivity index (χ2v) is 7.47. The summed E-state index contributed by atoms with van der Waals surface area (Å²) in [5, 5.41) is 0. The van der Waals surface area contributed by atoms with Gasteiger partial charge >= 0.3 is 0 Å². The fraction of sp³-hybridized carbons (Fsp3) is 0.600. The molecule has 0 aliphatic carbocycles. The average molecular weight is 343 g/mol. The molecule has 2 aliphatic heterocycles. The number of hydrogen-bond acceptors (Lipinski definition) is 3. The molecule has 1 aromatic carbocycles. The van der Waals surface area contributed by atoms with Crippen molar-refractivity contribution in [3.63, 3.8) is 0 Å². The SMILES string of the molecule is CC(=O)N1CCC[C@H](C(=O)N2CCN(c3cccc(C)c3)C(C)C2)C1. The molecular formula is C20H29N3O2. The largest absolute Gasteiger partial charge is 0.365 e. The molecule has 0 aromatic heterocycles. The molecule has 2 saturated heterocycles. The summed E-state index contributed by atoms with van der Waals surface area (Å²) in [5.74, 6) is 0.271. The van der Waals surface area contributed by atoms with E-state index in [9.17, 15) is 9.59 Å². The average Bonchev–Trinajstić information content (AvgIpc) is 2.61. The van der Waals surface area contributed by atoms with Crippen molar-refractivity contribution >= 4 is 17.5 Å². The van der Waals surface area contributed by atoms with E-state index in [0.29, 0.717) is 12.6 Å². The van der Waals surface area contributed by atoms with Crippen molar-refractivity contribution in [2.75, 3.05) is 37.6 Å². The van der Waals surface area contributed by atoms with Crippen LogP contribution in [0.1, 0.15) is 32.3 Å². The normalized spacial score (nSPS) is 24.4. The minimum absolute atomic E-state index is 0.0321. The fourth-order valence-corrected chi connectivity index (χ4v) is 4.07. The zero-order chi connectivity index (χ0) is 18.0. The van der Waals surface area contributed by atoms with Crippen LogP contribution in [0.15, 0.2) is 24.3 Å². The molecule has 0 radical (unpaired) electrons. The molecule has 0 saturated carbocycles. The monoisotopic (exact) mass is 343 g/mol. The lowest BCUT2D eigenvalue weighted by Crippen LogP contribution is -2.56. The number of benzene rings is 1. The molecule has 5 nitrogen and oxygen atoms in total. The van der Waals surface area contributed by atoms with Crippen LogP contribution in [-0.4, -0.2) is 60.4 Å². The molecule has 2 aliphatic rings. The van der Waals surface area contributed by atoms with Crippen molar-refractivity contribution in [2.45, 2.75) is 39.7 Å². The first-order chi connectivity index (χ1) is 12.0. The third-order valence-electron chi connectivity index (χ3n) is 5.49. The van der Waals surface area contributed by atoms with Crippen molar-refractivity contribution in [3.8, 4) is 0 Å². The number of hydrogen-bond donors (Lipinski definition) is 0. The van der Waals surface area contributed by atoms with E-state index < -0.39 is 0 Å². The Morgan fingerprint density at radius 3 is 2.56 bits per heavy atom. The van der Waals surface area contributed by atoms with E-state index >= 15 is 0 Å². The van der Waals surface area contributed by atoms with Gasteiger partial charge in [0.1, 0.15) is 0 Å². The zero-order valence-electron chi connectivity index (χ0n) is 15.6. The van der Waals surface area contributed by atoms with Crippen molar-refractivity contribution < 1.29 is 9.59 Å². The Morgan fingerprint density at radius 2 is 1.88 bits per heavy atom. The second kappa shape index (κ2) is 7.46. The van der Waals surface area contributed by atoms with Crippen molar-refractivity contribution in [3.05, 3.63) is 29.8 Å². The molecule has 0 bridgehead atoms. The van der Waals surface area contributed by atoms with E-state index in [1.165, 1.54) is 11.3 Å². The maximum Gasteiger partial charge on any atom is 0.227 e. The summed E-state index contributed by atoms with van der Waals surface area (Å²) >= 11 is 0. The first-order valence-corrected chi connectivity index (χ1v) is 9.33. The Balaban J connectivity index is 1.62. The summed E-state index contributed by atoms with van der Waals surface area (Å²) in [6.07, 6.45) is 1.82. The molecule has 2 atom stereocenters. The second-order valence-electron chi connectivity index (χ2n) is 7.47. The van der Waals surface area contributed by atoms with E-state index in [0.717, 1.165) is 39.0 Å². The van der Waals surface area contributed by atoms with Crippen LogP contribution in [0.4, 0.5) is 5.69 Å². The van der Waals surface area contributed by atoms with Crippen LogP contribution < -0.4 is 4.90 Å². The van der Waals surface area contributed by atoms with Crippen molar-refractivity contribution in [2.24, 2.45) is 5.92 Å². The maximum absolute atomic E-state index is 12.9. The molecule has 1 unspecified atom stereocenters. The highest BCUT2D eigenvalue weighted by atomic mass is 16.2. The lowest BCUT2D eigenvalue weighted by atomic mass is 9.95. The number of anilines is 1. The molecule has 3 rings (SSSR count). The lowest BCUT2D eigenvalue weighted by molar-refractivity contribution is -0.140. The number of aryl methyl sites for hydroxylation is 1. The smallest absolute Gasteiger partial charge is 0.227 e. The first kappa shape index (κ1) is 17.8. The van der Waals surface area contributed by atoms with Crippen LogP contribution in [0.5, 0.6) is 0 Å². The molecule has 2 heterocycles. The van der Waals surface area contributed by atoms with Gasteiger partial charge in [0, 0.05) is 51.4 Å². The molecule has 1 aromatic rings. The number of nitrogens with zero attached hydrogens (tertiary/aromatic N) is 3. The number of likely N-dealkylation sites (tertiary alicyclic amines) is 1. The standard InChI is InChI=1S/C20H29N3O2/c1-15-6-4-8-19(12-15)23-11-10-22(13-16(23)2)20(25)18-7-5-9-21(14-18)17(3)24/h4,6,8,12,16,18H,5,7,9-11,13-14H2,1-3H3/t16?,18-/m0/s1. The molecule has 136 valence electrons. The van der Waals surface area contributed by atoms with Crippen molar-refractivity contribution in [1.29, 1.82) is 0 Å². The van der Waals surface area contributed by atoms with Crippen LogP contribution >= 0.6 is 0 Å². The third-order valence-corrected chi connectivity index (χ3v) is 5.49.